The maximum atomic E-state index is 11.2. The Labute approximate surface area is 125 Å². The quantitative estimate of drug-likeness (QED) is 0.544. The standard InChI is InChI=1S/C16H22O5/c1-18-10-20-15-8-12(9-17)7-14(13-5-3-4-6-13)16(15)21-11-19-2/h7-9,13H,3-6,10-11H2,1-2H3. The molecule has 116 valence electrons. The lowest BCUT2D eigenvalue weighted by Gasteiger charge is -2.20. The first-order chi connectivity index (χ1) is 10.3. The fourth-order valence-electron chi connectivity index (χ4n) is 2.76. The van der Waals surface area contributed by atoms with Crippen LogP contribution in [-0.2, 0) is 9.47 Å². The van der Waals surface area contributed by atoms with E-state index in [9.17, 15) is 4.79 Å². The molecule has 1 aliphatic rings. The molecule has 1 aromatic rings. The Morgan fingerprint density at radius 3 is 2.38 bits per heavy atom. The molecule has 0 bridgehead atoms. The van der Waals surface area contributed by atoms with E-state index in [1.807, 2.05) is 6.07 Å². The molecule has 1 fully saturated rings. The number of hydrogen-bond donors (Lipinski definition) is 0. The van der Waals surface area contributed by atoms with E-state index in [1.165, 1.54) is 12.8 Å². The van der Waals surface area contributed by atoms with Crippen molar-refractivity contribution in [2.45, 2.75) is 31.6 Å². The number of rotatable bonds is 8. The Bertz CT molecular complexity index is 466. The first kappa shape index (κ1) is 15.8. The summed E-state index contributed by atoms with van der Waals surface area (Å²) in [5.41, 5.74) is 1.62. The van der Waals surface area contributed by atoms with Crippen LogP contribution < -0.4 is 9.47 Å². The van der Waals surface area contributed by atoms with Gasteiger partial charge < -0.3 is 18.9 Å². The van der Waals surface area contributed by atoms with Crippen LogP contribution in [0.4, 0.5) is 0 Å². The van der Waals surface area contributed by atoms with Gasteiger partial charge in [-0.25, -0.2) is 0 Å². The Morgan fingerprint density at radius 1 is 1.10 bits per heavy atom. The lowest BCUT2D eigenvalue weighted by Crippen LogP contribution is -2.09. The van der Waals surface area contributed by atoms with Gasteiger partial charge >= 0.3 is 0 Å². The smallest absolute Gasteiger partial charge is 0.188 e. The maximum absolute atomic E-state index is 11.2. The minimum Gasteiger partial charge on any atom is -0.464 e. The second-order valence-electron chi connectivity index (χ2n) is 5.14. The van der Waals surface area contributed by atoms with Crippen LogP contribution in [-0.4, -0.2) is 34.1 Å². The van der Waals surface area contributed by atoms with Gasteiger partial charge in [0.05, 0.1) is 0 Å². The molecule has 0 atom stereocenters. The Balaban J connectivity index is 2.38. The topological polar surface area (TPSA) is 54.0 Å². The average Bonchev–Trinajstić information content (AvgIpc) is 3.04. The summed E-state index contributed by atoms with van der Waals surface area (Å²) in [6.45, 7) is 0.249. The molecular formula is C16H22O5. The molecule has 2 rings (SSSR count). The van der Waals surface area contributed by atoms with Crippen LogP contribution in [0.15, 0.2) is 12.1 Å². The molecule has 0 aliphatic heterocycles. The zero-order chi connectivity index (χ0) is 15.1. The van der Waals surface area contributed by atoms with Crippen LogP contribution in [0.3, 0.4) is 0 Å². The zero-order valence-electron chi connectivity index (χ0n) is 12.6. The van der Waals surface area contributed by atoms with Crippen molar-refractivity contribution in [2.24, 2.45) is 0 Å². The highest BCUT2D eigenvalue weighted by atomic mass is 16.7. The van der Waals surface area contributed by atoms with Gasteiger partial charge in [-0.15, -0.1) is 0 Å². The molecule has 0 aromatic heterocycles. The van der Waals surface area contributed by atoms with Gasteiger partial charge in [-0.2, -0.15) is 0 Å². The lowest BCUT2D eigenvalue weighted by atomic mass is 9.94. The van der Waals surface area contributed by atoms with Crippen LogP contribution in [0.5, 0.6) is 11.5 Å². The first-order valence-corrected chi connectivity index (χ1v) is 7.16. The summed E-state index contributed by atoms with van der Waals surface area (Å²) in [7, 11) is 3.13. The molecule has 5 nitrogen and oxygen atoms in total. The monoisotopic (exact) mass is 294 g/mol. The largest absolute Gasteiger partial charge is 0.464 e. The minimum absolute atomic E-state index is 0.107. The Kier molecular flexibility index (Phi) is 6.02. The number of methoxy groups -OCH3 is 2. The molecule has 1 aliphatic carbocycles. The van der Waals surface area contributed by atoms with Crippen molar-refractivity contribution in [1.82, 2.24) is 0 Å². The predicted octanol–water partition coefficient (Wildman–Crippen LogP) is 3.12. The summed E-state index contributed by atoms with van der Waals surface area (Å²) in [5.74, 6) is 1.59. The van der Waals surface area contributed by atoms with E-state index in [-0.39, 0.29) is 13.6 Å². The number of aldehydes is 1. The molecule has 0 spiro atoms. The van der Waals surface area contributed by atoms with E-state index in [0.717, 1.165) is 24.7 Å². The number of carbonyl (C=O) groups is 1. The van der Waals surface area contributed by atoms with Crippen LogP contribution in [0.2, 0.25) is 0 Å². The summed E-state index contributed by atoms with van der Waals surface area (Å²) in [6.07, 6.45) is 5.45. The van der Waals surface area contributed by atoms with Crippen molar-refractivity contribution in [3.05, 3.63) is 23.3 Å². The predicted molar refractivity (Wildman–Crippen MR) is 78.0 cm³/mol. The summed E-state index contributed by atoms with van der Waals surface area (Å²) < 4.78 is 21.2. The van der Waals surface area contributed by atoms with E-state index < -0.39 is 0 Å². The van der Waals surface area contributed by atoms with E-state index in [2.05, 4.69) is 0 Å². The third-order valence-electron chi connectivity index (χ3n) is 3.69. The molecule has 0 radical (unpaired) electrons. The van der Waals surface area contributed by atoms with Crippen molar-refractivity contribution < 1.29 is 23.7 Å². The van der Waals surface area contributed by atoms with Crippen molar-refractivity contribution in [3.8, 4) is 11.5 Å². The molecule has 0 unspecified atom stereocenters. The van der Waals surface area contributed by atoms with Crippen molar-refractivity contribution in [1.29, 1.82) is 0 Å². The molecule has 21 heavy (non-hydrogen) atoms. The van der Waals surface area contributed by atoms with Gasteiger partial charge in [0, 0.05) is 25.3 Å². The van der Waals surface area contributed by atoms with Crippen molar-refractivity contribution in [2.75, 3.05) is 27.8 Å². The third-order valence-corrected chi connectivity index (χ3v) is 3.69. The maximum Gasteiger partial charge on any atom is 0.188 e. The lowest BCUT2D eigenvalue weighted by molar-refractivity contribution is 0.0315. The number of hydrogen-bond acceptors (Lipinski definition) is 5. The van der Waals surface area contributed by atoms with Crippen LogP contribution in [0, 0.1) is 0 Å². The highest BCUT2D eigenvalue weighted by Gasteiger charge is 2.24. The number of ether oxygens (including phenoxy) is 4. The summed E-state index contributed by atoms with van der Waals surface area (Å²) in [4.78, 5) is 11.2. The van der Waals surface area contributed by atoms with Gasteiger partial charge in [0.1, 0.15) is 6.29 Å². The first-order valence-electron chi connectivity index (χ1n) is 7.16. The van der Waals surface area contributed by atoms with E-state index >= 15 is 0 Å². The second kappa shape index (κ2) is 8.00. The van der Waals surface area contributed by atoms with Crippen LogP contribution in [0.1, 0.15) is 47.5 Å². The van der Waals surface area contributed by atoms with Crippen molar-refractivity contribution >= 4 is 6.29 Å². The van der Waals surface area contributed by atoms with Crippen LogP contribution in [0.25, 0.3) is 0 Å². The van der Waals surface area contributed by atoms with E-state index in [0.29, 0.717) is 23.0 Å². The molecule has 1 aromatic carbocycles. The van der Waals surface area contributed by atoms with Gasteiger partial charge in [-0.1, -0.05) is 12.8 Å². The second-order valence-corrected chi connectivity index (χ2v) is 5.14. The SMILES string of the molecule is COCOc1cc(C=O)cc(C2CCCC2)c1OCOC. The fraction of sp³-hybridized carbons (Fsp3) is 0.562. The minimum atomic E-state index is 0.107. The molecule has 0 amide bonds. The summed E-state index contributed by atoms with van der Waals surface area (Å²) in [6, 6.07) is 3.57. The molecule has 5 heteroatoms. The highest BCUT2D eigenvalue weighted by Crippen LogP contribution is 2.43. The van der Waals surface area contributed by atoms with Crippen molar-refractivity contribution in [3.63, 3.8) is 0 Å². The van der Waals surface area contributed by atoms with E-state index in [4.69, 9.17) is 18.9 Å². The van der Waals surface area contributed by atoms with Gasteiger partial charge in [0.25, 0.3) is 0 Å². The molecule has 1 saturated carbocycles. The molecular weight excluding hydrogens is 272 g/mol. The zero-order valence-corrected chi connectivity index (χ0v) is 12.6. The average molecular weight is 294 g/mol. The van der Waals surface area contributed by atoms with E-state index in [1.54, 1.807) is 20.3 Å². The van der Waals surface area contributed by atoms with Gasteiger partial charge in [-0.3, -0.25) is 4.79 Å². The molecule has 0 saturated heterocycles. The molecule has 0 heterocycles. The fourth-order valence-corrected chi connectivity index (χ4v) is 2.76. The Hall–Kier alpha value is -1.59. The Morgan fingerprint density at radius 2 is 1.76 bits per heavy atom. The normalized spacial score (nSPS) is 15.1. The molecule has 0 N–H and O–H groups in total. The number of carbonyl (C=O) groups excluding carboxylic acids is 1. The van der Waals surface area contributed by atoms with Gasteiger partial charge in [0.2, 0.25) is 0 Å². The van der Waals surface area contributed by atoms with Gasteiger partial charge in [0.15, 0.2) is 25.1 Å². The number of benzene rings is 1. The van der Waals surface area contributed by atoms with Crippen LogP contribution >= 0.6 is 0 Å². The summed E-state index contributed by atoms with van der Waals surface area (Å²) >= 11 is 0. The summed E-state index contributed by atoms with van der Waals surface area (Å²) in [5, 5.41) is 0. The van der Waals surface area contributed by atoms with Gasteiger partial charge in [-0.05, 0) is 30.9 Å². The third kappa shape index (κ3) is 3.95. The highest BCUT2D eigenvalue weighted by molar-refractivity contribution is 5.77.